The molecule has 1 aromatic heterocycles. The normalized spacial score (nSPS) is 10.7. The van der Waals surface area contributed by atoms with Crippen LogP contribution in [0.25, 0.3) is 22.0 Å². The fraction of sp³-hybridized carbons (Fsp3) is 0.200. The summed E-state index contributed by atoms with van der Waals surface area (Å²) in [7, 11) is 1.67. The van der Waals surface area contributed by atoms with Crippen LogP contribution in [0.15, 0.2) is 72.8 Å². The van der Waals surface area contributed by atoms with Gasteiger partial charge in [0.1, 0.15) is 17.2 Å². The Morgan fingerprint density at radius 2 is 1.50 bits per heavy atom. The third-order valence-electron chi connectivity index (χ3n) is 4.91. The van der Waals surface area contributed by atoms with E-state index < -0.39 is 0 Å². The molecule has 0 atom stereocenters. The van der Waals surface area contributed by atoms with Gasteiger partial charge in [0, 0.05) is 22.9 Å². The molecular formula is C25H25N3O2. The van der Waals surface area contributed by atoms with Crippen LogP contribution >= 0.6 is 0 Å². The lowest BCUT2D eigenvalue weighted by atomic mass is 10.0. The molecule has 1 heterocycles. The van der Waals surface area contributed by atoms with E-state index in [1.807, 2.05) is 60.7 Å². The van der Waals surface area contributed by atoms with Crippen molar-refractivity contribution in [1.29, 1.82) is 0 Å². The molecule has 0 saturated carbocycles. The van der Waals surface area contributed by atoms with E-state index in [0.29, 0.717) is 6.54 Å². The Hall–Kier alpha value is -3.60. The Bertz CT molecular complexity index is 1110. The maximum atomic E-state index is 5.69. The van der Waals surface area contributed by atoms with Crippen LogP contribution in [0.2, 0.25) is 0 Å². The number of hydrogen-bond acceptors (Lipinski definition) is 5. The number of hydrogen-bond donors (Lipinski definition) is 1. The van der Waals surface area contributed by atoms with Crippen molar-refractivity contribution in [3.63, 3.8) is 0 Å². The van der Waals surface area contributed by atoms with Gasteiger partial charge in [0.05, 0.1) is 13.7 Å². The highest BCUT2D eigenvalue weighted by Crippen LogP contribution is 2.30. The second-order valence-corrected chi connectivity index (χ2v) is 7.02. The number of methoxy groups -OCH3 is 1. The number of fused-ring (bicyclic) bond motifs is 1. The molecule has 0 spiro atoms. The van der Waals surface area contributed by atoms with Crippen LogP contribution in [-0.2, 0) is 6.54 Å². The molecule has 1 N–H and O–H groups in total. The minimum atomic E-state index is 0.658. The first kappa shape index (κ1) is 19.7. The first-order chi connectivity index (χ1) is 14.8. The molecule has 152 valence electrons. The van der Waals surface area contributed by atoms with E-state index in [1.165, 1.54) is 0 Å². The predicted molar refractivity (Wildman–Crippen MR) is 121 cm³/mol. The summed E-state index contributed by atoms with van der Waals surface area (Å²) >= 11 is 0. The molecule has 0 fully saturated rings. The van der Waals surface area contributed by atoms with Crippen molar-refractivity contribution in [2.24, 2.45) is 0 Å². The Kier molecular flexibility index (Phi) is 6.09. The molecule has 0 bridgehead atoms. The highest BCUT2D eigenvalue weighted by Gasteiger charge is 2.11. The molecule has 0 aliphatic rings. The molecule has 0 amide bonds. The highest BCUT2D eigenvalue weighted by molar-refractivity contribution is 6.00. The number of nitrogens with zero attached hydrogens (tertiary/aromatic N) is 2. The molecular weight excluding hydrogens is 374 g/mol. The zero-order valence-corrected chi connectivity index (χ0v) is 17.3. The van der Waals surface area contributed by atoms with E-state index in [0.717, 1.165) is 57.9 Å². The minimum absolute atomic E-state index is 0.658. The molecule has 30 heavy (non-hydrogen) atoms. The van der Waals surface area contributed by atoms with Crippen molar-refractivity contribution >= 4 is 16.6 Å². The van der Waals surface area contributed by atoms with E-state index in [9.17, 15) is 0 Å². The molecule has 4 aromatic rings. The lowest BCUT2D eigenvalue weighted by Crippen LogP contribution is -2.04. The molecule has 5 heteroatoms. The monoisotopic (exact) mass is 399 g/mol. The lowest BCUT2D eigenvalue weighted by Gasteiger charge is -2.12. The van der Waals surface area contributed by atoms with Crippen LogP contribution < -0.4 is 14.8 Å². The van der Waals surface area contributed by atoms with Crippen molar-refractivity contribution in [2.45, 2.75) is 19.9 Å². The Morgan fingerprint density at radius 1 is 0.800 bits per heavy atom. The second kappa shape index (κ2) is 9.27. The maximum Gasteiger partial charge on any atom is 0.156 e. The summed E-state index contributed by atoms with van der Waals surface area (Å²) in [6, 6.07) is 24.2. The molecule has 0 radical (unpaired) electrons. The van der Waals surface area contributed by atoms with Gasteiger partial charge in [0.2, 0.25) is 0 Å². The summed E-state index contributed by atoms with van der Waals surface area (Å²) in [6.45, 7) is 3.47. The average molecular weight is 399 g/mol. The summed E-state index contributed by atoms with van der Waals surface area (Å²) < 4.78 is 10.9. The van der Waals surface area contributed by atoms with E-state index in [1.54, 1.807) is 7.11 Å². The van der Waals surface area contributed by atoms with Gasteiger partial charge < -0.3 is 14.8 Å². The van der Waals surface area contributed by atoms with Crippen molar-refractivity contribution in [3.05, 3.63) is 78.4 Å². The van der Waals surface area contributed by atoms with Crippen molar-refractivity contribution in [3.8, 4) is 22.8 Å². The standard InChI is InChI=1S/C25H25N3O2/c1-3-16-30-21-14-10-19(11-15-21)24-22-6-4-5-7-23(22)25(28-27-24)26-17-18-8-12-20(29-2)13-9-18/h4-15H,3,16-17H2,1-2H3,(H,26,28). The lowest BCUT2D eigenvalue weighted by molar-refractivity contribution is 0.317. The molecule has 4 rings (SSSR count). The van der Waals surface area contributed by atoms with Gasteiger partial charge in [-0.15, -0.1) is 10.2 Å². The van der Waals surface area contributed by atoms with Crippen LogP contribution in [0.1, 0.15) is 18.9 Å². The first-order valence-electron chi connectivity index (χ1n) is 10.1. The molecule has 3 aromatic carbocycles. The number of rotatable bonds is 8. The zero-order chi connectivity index (χ0) is 20.8. The Labute approximate surface area is 176 Å². The predicted octanol–water partition coefficient (Wildman–Crippen LogP) is 5.71. The minimum Gasteiger partial charge on any atom is -0.497 e. The Balaban J connectivity index is 1.59. The average Bonchev–Trinajstić information content (AvgIpc) is 2.82. The molecule has 5 nitrogen and oxygen atoms in total. The van der Waals surface area contributed by atoms with Crippen LogP contribution in [0.4, 0.5) is 5.82 Å². The maximum absolute atomic E-state index is 5.69. The fourth-order valence-corrected chi connectivity index (χ4v) is 3.31. The number of anilines is 1. The summed E-state index contributed by atoms with van der Waals surface area (Å²) in [5, 5.41) is 14.5. The first-order valence-corrected chi connectivity index (χ1v) is 10.1. The van der Waals surface area contributed by atoms with Crippen LogP contribution in [0, 0.1) is 0 Å². The SMILES string of the molecule is CCCOc1ccc(-c2nnc(NCc3ccc(OC)cc3)c3ccccc23)cc1. The van der Waals surface area contributed by atoms with Crippen LogP contribution in [0.3, 0.4) is 0 Å². The van der Waals surface area contributed by atoms with E-state index in [2.05, 4.69) is 34.6 Å². The highest BCUT2D eigenvalue weighted by atomic mass is 16.5. The molecule has 0 aliphatic carbocycles. The summed E-state index contributed by atoms with van der Waals surface area (Å²) in [4.78, 5) is 0. The van der Waals surface area contributed by atoms with E-state index in [4.69, 9.17) is 9.47 Å². The summed E-state index contributed by atoms with van der Waals surface area (Å²) in [5.74, 6) is 2.49. The summed E-state index contributed by atoms with van der Waals surface area (Å²) in [5.41, 5.74) is 3.03. The van der Waals surface area contributed by atoms with Crippen molar-refractivity contribution < 1.29 is 9.47 Å². The van der Waals surface area contributed by atoms with Gasteiger partial charge in [-0.3, -0.25) is 0 Å². The van der Waals surface area contributed by atoms with Gasteiger partial charge in [-0.05, 0) is 48.4 Å². The number of ether oxygens (including phenoxy) is 2. The van der Waals surface area contributed by atoms with Crippen LogP contribution in [0.5, 0.6) is 11.5 Å². The molecule has 0 unspecified atom stereocenters. The number of benzene rings is 3. The summed E-state index contributed by atoms with van der Waals surface area (Å²) in [6.07, 6.45) is 0.989. The zero-order valence-electron chi connectivity index (χ0n) is 17.3. The third-order valence-corrected chi connectivity index (χ3v) is 4.91. The largest absolute Gasteiger partial charge is 0.497 e. The quantitative estimate of drug-likeness (QED) is 0.411. The Morgan fingerprint density at radius 3 is 2.20 bits per heavy atom. The van der Waals surface area contributed by atoms with E-state index in [-0.39, 0.29) is 0 Å². The van der Waals surface area contributed by atoms with Gasteiger partial charge in [-0.2, -0.15) is 0 Å². The van der Waals surface area contributed by atoms with Crippen molar-refractivity contribution in [1.82, 2.24) is 10.2 Å². The third kappa shape index (κ3) is 4.35. The smallest absolute Gasteiger partial charge is 0.156 e. The topological polar surface area (TPSA) is 56.3 Å². The van der Waals surface area contributed by atoms with Gasteiger partial charge in [-0.25, -0.2) is 0 Å². The molecule has 0 saturated heterocycles. The second-order valence-electron chi connectivity index (χ2n) is 7.02. The van der Waals surface area contributed by atoms with Gasteiger partial charge in [-0.1, -0.05) is 43.3 Å². The fourth-order valence-electron chi connectivity index (χ4n) is 3.31. The number of aromatic nitrogens is 2. The van der Waals surface area contributed by atoms with Gasteiger partial charge in [0.25, 0.3) is 0 Å². The van der Waals surface area contributed by atoms with Gasteiger partial charge >= 0.3 is 0 Å². The number of nitrogens with one attached hydrogen (secondary N) is 1. The molecule has 0 aliphatic heterocycles. The van der Waals surface area contributed by atoms with Crippen molar-refractivity contribution in [2.75, 3.05) is 19.0 Å². The van der Waals surface area contributed by atoms with E-state index >= 15 is 0 Å². The van der Waals surface area contributed by atoms with Crippen LogP contribution in [-0.4, -0.2) is 23.9 Å². The van der Waals surface area contributed by atoms with Gasteiger partial charge in [0.15, 0.2) is 5.82 Å².